The van der Waals surface area contributed by atoms with E-state index in [2.05, 4.69) is 45.5 Å². The van der Waals surface area contributed by atoms with Gasteiger partial charge in [0.05, 0.1) is 18.1 Å². The van der Waals surface area contributed by atoms with Crippen molar-refractivity contribution in [2.24, 2.45) is 20.0 Å². The summed E-state index contributed by atoms with van der Waals surface area (Å²) >= 11 is 0. The van der Waals surface area contributed by atoms with Crippen LogP contribution in [0.1, 0.15) is 30.1 Å². The van der Waals surface area contributed by atoms with Gasteiger partial charge in [-0.2, -0.15) is 5.10 Å². The van der Waals surface area contributed by atoms with Crippen LogP contribution >= 0.6 is 0 Å². The van der Waals surface area contributed by atoms with E-state index in [-0.39, 0.29) is 0 Å². The quantitative estimate of drug-likeness (QED) is 0.825. The maximum atomic E-state index is 4.37. The van der Waals surface area contributed by atoms with Crippen molar-refractivity contribution in [3.8, 4) is 0 Å². The first-order chi connectivity index (χ1) is 11.0. The lowest BCUT2D eigenvalue weighted by Crippen LogP contribution is -2.40. The highest BCUT2D eigenvalue weighted by Crippen LogP contribution is 2.35. The van der Waals surface area contributed by atoms with Crippen molar-refractivity contribution in [3.05, 3.63) is 29.8 Å². The molecule has 23 heavy (non-hydrogen) atoms. The van der Waals surface area contributed by atoms with Gasteiger partial charge >= 0.3 is 0 Å². The van der Waals surface area contributed by atoms with Gasteiger partial charge in [-0.25, -0.2) is 0 Å². The average Bonchev–Trinajstić information content (AvgIpc) is 3.08. The van der Waals surface area contributed by atoms with Crippen molar-refractivity contribution in [1.82, 2.24) is 34.6 Å². The van der Waals surface area contributed by atoms with Gasteiger partial charge in [0.1, 0.15) is 0 Å². The fourth-order valence-electron chi connectivity index (χ4n) is 3.77. The number of likely N-dealkylation sites (tertiary alicyclic amines) is 1. The molecule has 0 N–H and O–H groups in total. The van der Waals surface area contributed by atoms with Gasteiger partial charge in [-0.3, -0.25) is 14.3 Å². The van der Waals surface area contributed by atoms with E-state index in [9.17, 15) is 0 Å². The minimum absolute atomic E-state index is 0.449. The smallest absolute Gasteiger partial charge is 0.0738 e. The van der Waals surface area contributed by atoms with Gasteiger partial charge in [0.15, 0.2) is 0 Å². The zero-order chi connectivity index (χ0) is 16.4. The van der Waals surface area contributed by atoms with Crippen molar-refractivity contribution in [3.63, 3.8) is 0 Å². The summed E-state index contributed by atoms with van der Waals surface area (Å²) in [5, 5.41) is 12.3. The fourth-order valence-corrected chi connectivity index (χ4v) is 3.77. The van der Waals surface area contributed by atoms with Crippen molar-refractivity contribution in [2.75, 3.05) is 27.2 Å². The normalized spacial score (nSPS) is 22.8. The molecule has 1 saturated heterocycles. The summed E-state index contributed by atoms with van der Waals surface area (Å²) in [6, 6.07) is 0.449. The molecule has 2 atom stereocenters. The van der Waals surface area contributed by atoms with Gasteiger partial charge in [0.2, 0.25) is 0 Å². The van der Waals surface area contributed by atoms with Crippen LogP contribution < -0.4 is 0 Å². The predicted octanol–water partition coefficient (Wildman–Crippen LogP) is 1.06. The molecule has 1 fully saturated rings. The molecular formula is C16H27N7. The highest BCUT2D eigenvalue weighted by atomic mass is 15.4. The lowest BCUT2D eigenvalue weighted by Gasteiger charge is -2.40. The van der Waals surface area contributed by atoms with Crippen LogP contribution in [0.5, 0.6) is 0 Å². The molecule has 0 bridgehead atoms. The number of rotatable bonds is 5. The summed E-state index contributed by atoms with van der Waals surface area (Å²) in [6.07, 6.45) is 8.55. The Kier molecular flexibility index (Phi) is 4.77. The Morgan fingerprint density at radius 1 is 1.26 bits per heavy atom. The molecule has 1 aliphatic heterocycles. The van der Waals surface area contributed by atoms with E-state index in [1.54, 1.807) is 0 Å². The van der Waals surface area contributed by atoms with E-state index in [1.807, 2.05) is 35.9 Å². The molecule has 0 spiro atoms. The zero-order valence-corrected chi connectivity index (χ0v) is 14.6. The fraction of sp³-hybridized carbons (Fsp3) is 0.688. The number of hydrogen-bond acceptors (Lipinski definition) is 5. The van der Waals surface area contributed by atoms with Crippen LogP contribution in [0.4, 0.5) is 0 Å². The Balaban J connectivity index is 1.70. The third kappa shape index (κ3) is 3.61. The summed E-state index contributed by atoms with van der Waals surface area (Å²) in [5.41, 5.74) is 2.48. The lowest BCUT2D eigenvalue weighted by molar-refractivity contribution is 0.0919. The van der Waals surface area contributed by atoms with Gasteiger partial charge < -0.3 is 4.90 Å². The SMILES string of the molecule is CN(Cc1cnnn1C)C[C@@H]1CCCN(C)[C@H]1c1cnn(C)c1. The third-order valence-corrected chi connectivity index (χ3v) is 4.86. The Labute approximate surface area is 137 Å². The minimum Gasteiger partial charge on any atom is -0.300 e. The molecular weight excluding hydrogens is 290 g/mol. The molecule has 2 aromatic rings. The molecule has 2 aromatic heterocycles. The first-order valence-corrected chi connectivity index (χ1v) is 8.25. The Morgan fingerprint density at radius 2 is 2.09 bits per heavy atom. The zero-order valence-electron chi connectivity index (χ0n) is 14.6. The third-order valence-electron chi connectivity index (χ3n) is 4.86. The van der Waals surface area contributed by atoms with Crippen molar-refractivity contribution in [2.45, 2.75) is 25.4 Å². The number of aromatic nitrogens is 5. The van der Waals surface area contributed by atoms with Gasteiger partial charge in [0.25, 0.3) is 0 Å². The second-order valence-corrected chi connectivity index (χ2v) is 6.82. The second-order valence-electron chi connectivity index (χ2n) is 6.82. The van der Waals surface area contributed by atoms with Crippen molar-refractivity contribution < 1.29 is 0 Å². The monoisotopic (exact) mass is 317 g/mol. The maximum absolute atomic E-state index is 4.37. The Bertz CT molecular complexity index is 632. The average molecular weight is 317 g/mol. The largest absolute Gasteiger partial charge is 0.300 e. The molecule has 0 saturated carbocycles. The van der Waals surface area contributed by atoms with E-state index in [4.69, 9.17) is 0 Å². The highest BCUT2D eigenvalue weighted by molar-refractivity contribution is 5.13. The Hall–Kier alpha value is -1.73. The van der Waals surface area contributed by atoms with Gasteiger partial charge in [-0.15, -0.1) is 5.10 Å². The summed E-state index contributed by atoms with van der Waals surface area (Å²) in [7, 11) is 8.35. The maximum Gasteiger partial charge on any atom is 0.0738 e. The summed E-state index contributed by atoms with van der Waals surface area (Å²) < 4.78 is 3.75. The second kappa shape index (κ2) is 6.80. The molecule has 0 aliphatic carbocycles. The molecule has 0 aromatic carbocycles. The molecule has 0 amide bonds. The molecule has 3 heterocycles. The summed E-state index contributed by atoms with van der Waals surface area (Å²) in [4.78, 5) is 4.86. The molecule has 7 nitrogen and oxygen atoms in total. The van der Waals surface area contributed by atoms with Crippen LogP contribution in [0.3, 0.4) is 0 Å². The molecule has 3 rings (SSSR count). The van der Waals surface area contributed by atoms with E-state index in [0.29, 0.717) is 12.0 Å². The predicted molar refractivity (Wildman–Crippen MR) is 88.6 cm³/mol. The molecule has 0 unspecified atom stereocenters. The van der Waals surface area contributed by atoms with Gasteiger partial charge in [-0.1, -0.05) is 5.21 Å². The minimum atomic E-state index is 0.449. The highest BCUT2D eigenvalue weighted by Gasteiger charge is 2.32. The van der Waals surface area contributed by atoms with Crippen molar-refractivity contribution >= 4 is 0 Å². The van der Waals surface area contributed by atoms with Gasteiger partial charge in [0, 0.05) is 45.0 Å². The lowest BCUT2D eigenvalue weighted by atomic mass is 9.85. The molecule has 1 aliphatic rings. The van der Waals surface area contributed by atoms with Crippen LogP contribution in [-0.2, 0) is 20.6 Å². The molecule has 126 valence electrons. The van der Waals surface area contributed by atoms with E-state index in [1.165, 1.54) is 18.4 Å². The Morgan fingerprint density at radius 3 is 2.74 bits per heavy atom. The van der Waals surface area contributed by atoms with Gasteiger partial charge in [-0.05, 0) is 39.4 Å². The van der Waals surface area contributed by atoms with Crippen LogP contribution in [0.2, 0.25) is 0 Å². The van der Waals surface area contributed by atoms with Crippen molar-refractivity contribution in [1.29, 1.82) is 0 Å². The number of piperidine rings is 1. The first kappa shape index (κ1) is 16.1. The van der Waals surface area contributed by atoms with Crippen LogP contribution in [0, 0.1) is 5.92 Å². The molecule has 7 heteroatoms. The first-order valence-electron chi connectivity index (χ1n) is 8.25. The summed E-state index contributed by atoms with van der Waals surface area (Å²) in [6.45, 7) is 3.10. The number of hydrogen-bond donors (Lipinski definition) is 0. The van der Waals surface area contributed by atoms with E-state index >= 15 is 0 Å². The standard InChI is InChI=1S/C16H27N7/c1-20(12-15-9-17-19-23(15)4)10-13-6-5-7-21(2)16(13)14-8-18-22(3)11-14/h8-9,11,13,16H,5-7,10,12H2,1-4H3/t13-,16+/m0/s1. The van der Waals surface area contributed by atoms with Crippen LogP contribution in [-0.4, -0.2) is 61.8 Å². The molecule has 0 radical (unpaired) electrons. The topological polar surface area (TPSA) is 55.0 Å². The van der Waals surface area contributed by atoms with E-state index < -0.39 is 0 Å². The number of aryl methyl sites for hydroxylation is 2. The van der Waals surface area contributed by atoms with Crippen LogP contribution in [0.15, 0.2) is 18.6 Å². The number of nitrogens with zero attached hydrogens (tertiary/aromatic N) is 7. The summed E-state index contributed by atoms with van der Waals surface area (Å²) in [5.74, 6) is 0.615. The van der Waals surface area contributed by atoms with E-state index in [0.717, 1.165) is 25.3 Å². The van der Waals surface area contributed by atoms with Crippen LogP contribution in [0.25, 0.3) is 0 Å².